The highest BCUT2D eigenvalue weighted by Gasteiger charge is 2.27. The van der Waals surface area contributed by atoms with Crippen LogP contribution in [0.5, 0.6) is 5.75 Å². The van der Waals surface area contributed by atoms with Crippen molar-refractivity contribution in [3.05, 3.63) is 77.2 Å². The van der Waals surface area contributed by atoms with Crippen molar-refractivity contribution in [1.82, 2.24) is 10.3 Å². The van der Waals surface area contributed by atoms with E-state index < -0.39 is 0 Å². The van der Waals surface area contributed by atoms with Crippen molar-refractivity contribution in [2.24, 2.45) is 0 Å². The first kappa shape index (κ1) is 20.9. The van der Waals surface area contributed by atoms with Gasteiger partial charge in [0.25, 0.3) is 5.91 Å². The van der Waals surface area contributed by atoms with Gasteiger partial charge in [-0.2, -0.15) is 0 Å². The summed E-state index contributed by atoms with van der Waals surface area (Å²) < 4.78 is 18.9. The van der Waals surface area contributed by atoms with Crippen molar-refractivity contribution >= 4 is 34.7 Å². The number of carbonyl (C=O) groups excluding carboxylic acids is 1. The maximum atomic E-state index is 13.5. The van der Waals surface area contributed by atoms with Crippen LogP contribution in [0.4, 0.5) is 21.6 Å². The summed E-state index contributed by atoms with van der Waals surface area (Å²) in [4.78, 5) is 19.4. The van der Waals surface area contributed by atoms with Crippen LogP contribution < -0.4 is 20.3 Å². The first-order valence-electron chi connectivity index (χ1n) is 9.90. The fourth-order valence-corrected chi connectivity index (χ4v) is 3.83. The normalized spacial score (nSPS) is 15.6. The van der Waals surface area contributed by atoms with Crippen LogP contribution in [0.1, 0.15) is 16.8 Å². The zero-order valence-electron chi connectivity index (χ0n) is 16.9. The molecule has 1 aliphatic rings. The van der Waals surface area contributed by atoms with E-state index in [2.05, 4.69) is 20.5 Å². The van der Waals surface area contributed by atoms with Crippen LogP contribution in [-0.4, -0.2) is 37.1 Å². The lowest BCUT2D eigenvalue weighted by molar-refractivity contribution is 0.0941. The van der Waals surface area contributed by atoms with Crippen LogP contribution in [0, 0.1) is 5.82 Å². The summed E-state index contributed by atoms with van der Waals surface area (Å²) >= 11 is 6.16. The molecular weight excluding hydrogens is 419 g/mol. The van der Waals surface area contributed by atoms with Gasteiger partial charge in [-0.15, -0.1) is 0 Å². The molecular formula is C23H22ClFN4O2. The molecule has 1 unspecified atom stereocenters. The van der Waals surface area contributed by atoms with E-state index in [9.17, 15) is 9.18 Å². The summed E-state index contributed by atoms with van der Waals surface area (Å²) in [6.45, 7) is 1.40. The highest BCUT2D eigenvalue weighted by atomic mass is 35.5. The second-order valence-electron chi connectivity index (χ2n) is 7.26. The number of hydrogen-bond acceptors (Lipinski definition) is 5. The van der Waals surface area contributed by atoms with E-state index in [0.717, 1.165) is 24.4 Å². The van der Waals surface area contributed by atoms with E-state index in [0.29, 0.717) is 28.6 Å². The molecule has 1 saturated heterocycles. The van der Waals surface area contributed by atoms with E-state index in [1.165, 1.54) is 12.1 Å². The largest absolute Gasteiger partial charge is 0.495 e. The number of nitrogens with one attached hydrogen (secondary N) is 2. The van der Waals surface area contributed by atoms with Gasteiger partial charge < -0.3 is 20.3 Å². The number of nitrogens with zero attached hydrogens (tertiary/aromatic N) is 2. The molecule has 0 radical (unpaired) electrons. The van der Waals surface area contributed by atoms with E-state index >= 15 is 0 Å². The minimum Gasteiger partial charge on any atom is -0.495 e. The maximum absolute atomic E-state index is 13.5. The lowest BCUT2D eigenvalue weighted by Crippen LogP contribution is -2.37. The Morgan fingerprint density at radius 1 is 1.23 bits per heavy atom. The Balaban J connectivity index is 1.46. The van der Waals surface area contributed by atoms with Gasteiger partial charge in [-0.1, -0.05) is 17.7 Å². The van der Waals surface area contributed by atoms with Crippen molar-refractivity contribution in [3.63, 3.8) is 0 Å². The third-order valence-corrected chi connectivity index (χ3v) is 5.38. The summed E-state index contributed by atoms with van der Waals surface area (Å²) in [7, 11) is 1.62. The lowest BCUT2D eigenvalue weighted by Gasteiger charge is -2.22. The zero-order valence-corrected chi connectivity index (χ0v) is 17.7. The Hall–Kier alpha value is -3.32. The number of benzene rings is 2. The monoisotopic (exact) mass is 440 g/mol. The average molecular weight is 441 g/mol. The molecule has 2 N–H and O–H groups in total. The summed E-state index contributed by atoms with van der Waals surface area (Å²) in [5, 5.41) is 6.73. The molecule has 2 aromatic carbocycles. The van der Waals surface area contributed by atoms with Gasteiger partial charge in [-0.25, -0.2) is 9.37 Å². The first-order valence-corrected chi connectivity index (χ1v) is 10.3. The number of carbonyl (C=O) groups is 1. The van der Waals surface area contributed by atoms with E-state index in [1.807, 2.05) is 12.1 Å². The molecule has 0 spiro atoms. The van der Waals surface area contributed by atoms with Gasteiger partial charge in [-0.3, -0.25) is 4.79 Å². The third kappa shape index (κ3) is 4.88. The third-order valence-electron chi connectivity index (χ3n) is 5.14. The zero-order chi connectivity index (χ0) is 21.8. The number of ether oxygens (including phenoxy) is 1. The SMILES string of the molecule is COc1ccc(Cl)cc1N1CCC(NC(=O)c2cccnc2Nc2cccc(F)c2)C1. The molecule has 0 saturated carbocycles. The molecule has 1 aliphatic heterocycles. The molecule has 1 aromatic heterocycles. The summed E-state index contributed by atoms with van der Waals surface area (Å²) in [6, 6.07) is 14.9. The minimum absolute atomic E-state index is 0.0431. The second kappa shape index (κ2) is 9.22. The van der Waals surface area contributed by atoms with Gasteiger partial charge in [0.15, 0.2) is 0 Å². The Bertz CT molecular complexity index is 1090. The fourth-order valence-electron chi connectivity index (χ4n) is 3.66. The van der Waals surface area contributed by atoms with Crippen molar-refractivity contribution in [3.8, 4) is 5.75 Å². The Morgan fingerprint density at radius 2 is 2.10 bits per heavy atom. The number of rotatable bonds is 6. The highest BCUT2D eigenvalue weighted by Crippen LogP contribution is 2.33. The topological polar surface area (TPSA) is 66.5 Å². The molecule has 0 bridgehead atoms. The number of methoxy groups -OCH3 is 1. The molecule has 0 aliphatic carbocycles. The van der Waals surface area contributed by atoms with Gasteiger partial charge in [-0.05, 0) is 55.0 Å². The smallest absolute Gasteiger partial charge is 0.255 e. The van der Waals surface area contributed by atoms with Crippen molar-refractivity contribution < 1.29 is 13.9 Å². The molecule has 160 valence electrons. The predicted molar refractivity (Wildman–Crippen MR) is 120 cm³/mol. The Morgan fingerprint density at radius 3 is 2.90 bits per heavy atom. The molecule has 3 aromatic rings. The second-order valence-corrected chi connectivity index (χ2v) is 7.69. The molecule has 1 amide bonds. The van der Waals surface area contributed by atoms with Crippen LogP contribution in [0.3, 0.4) is 0 Å². The van der Waals surface area contributed by atoms with E-state index in [4.69, 9.17) is 16.3 Å². The Labute approximate surface area is 185 Å². The Kier molecular flexibility index (Phi) is 6.23. The first-order chi connectivity index (χ1) is 15.0. The van der Waals surface area contributed by atoms with Gasteiger partial charge in [0.2, 0.25) is 0 Å². The lowest BCUT2D eigenvalue weighted by atomic mass is 10.2. The minimum atomic E-state index is -0.366. The van der Waals surface area contributed by atoms with Gasteiger partial charge in [0.05, 0.1) is 18.4 Å². The fraction of sp³-hybridized carbons (Fsp3) is 0.217. The molecule has 1 fully saturated rings. The standard InChI is InChI=1S/C23H22ClFN4O2/c1-31-21-8-7-15(24)12-20(21)29-11-9-18(14-29)28-23(30)19-6-3-10-26-22(19)27-17-5-2-4-16(25)13-17/h2-8,10,12-13,18H,9,11,14H2,1H3,(H,26,27)(H,28,30). The van der Waals surface area contributed by atoms with Crippen molar-refractivity contribution in [2.45, 2.75) is 12.5 Å². The van der Waals surface area contributed by atoms with E-state index in [1.54, 1.807) is 43.6 Å². The number of pyridine rings is 1. The number of anilines is 3. The van der Waals surface area contributed by atoms with E-state index in [-0.39, 0.29) is 17.8 Å². The van der Waals surface area contributed by atoms with Gasteiger partial charge >= 0.3 is 0 Å². The highest BCUT2D eigenvalue weighted by molar-refractivity contribution is 6.31. The van der Waals surface area contributed by atoms with Crippen LogP contribution >= 0.6 is 11.6 Å². The van der Waals surface area contributed by atoms with Gasteiger partial charge in [0.1, 0.15) is 17.4 Å². The van der Waals surface area contributed by atoms with Gasteiger partial charge in [0, 0.05) is 36.0 Å². The maximum Gasteiger partial charge on any atom is 0.255 e. The summed E-state index contributed by atoms with van der Waals surface area (Å²) in [5.74, 6) is 0.508. The van der Waals surface area contributed by atoms with Crippen molar-refractivity contribution in [2.75, 3.05) is 30.4 Å². The quantitative estimate of drug-likeness (QED) is 0.584. The summed E-state index contributed by atoms with van der Waals surface area (Å²) in [5.41, 5.74) is 1.82. The van der Waals surface area contributed by atoms with Crippen LogP contribution in [0.25, 0.3) is 0 Å². The molecule has 6 nitrogen and oxygen atoms in total. The predicted octanol–water partition coefficient (Wildman–Crippen LogP) is 4.64. The molecule has 2 heterocycles. The number of hydrogen-bond donors (Lipinski definition) is 2. The molecule has 31 heavy (non-hydrogen) atoms. The molecule has 4 rings (SSSR count). The van der Waals surface area contributed by atoms with Crippen molar-refractivity contribution in [1.29, 1.82) is 0 Å². The number of halogens is 2. The van der Waals surface area contributed by atoms with Crippen LogP contribution in [-0.2, 0) is 0 Å². The molecule has 8 heteroatoms. The number of aromatic nitrogens is 1. The summed E-state index contributed by atoms with van der Waals surface area (Å²) in [6.07, 6.45) is 2.37. The molecule has 1 atom stereocenters. The van der Waals surface area contributed by atoms with Crippen LogP contribution in [0.2, 0.25) is 5.02 Å². The average Bonchev–Trinajstić information content (AvgIpc) is 3.22. The van der Waals surface area contributed by atoms with Crippen LogP contribution in [0.15, 0.2) is 60.8 Å². The number of amides is 1.